The summed E-state index contributed by atoms with van der Waals surface area (Å²) in [6.07, 6.45) is 1.74. The molecule has 106 valence electrons. The molecule has 0 fully saturated rings. The second kappa shape index (κ2) is 5.77. The Labute approximate surface area is 126 Å². The second-order valence-electron chi connectivity index (χ2n) is 4.68. The van der Waals surface area contributed by atoms with E-state index in [0.29, 0.717) is 5.02 Å². The predicted molar refractivity (Wildman–Crippen MR) is 82.3 cm³/mol. The number of aromatic nitrogens is 1. The zero-order valence-corrected chi connectivity index (χ0v) is 11.8. The first-order valence-corrected chi connectivity index (χ1v) is 6.83. The van der Waals surface area contributed by atoms with Gasteiger partial charge >= 0.3 is 0 Å². The lowest BCUT2D eigenvalue weighted by atomic mass is 9.95. The van der Waals surface area contributed by atoms with Gasteiger partial charge in [0, 0.05) is 16.6 Å². The molecule has 0 saturated heterocycles. The molecule has 3 nitrogen and oxygen atoms in total. The van der Waals surface area contributed by atoms with Crippen molar-refractivity contribution in [3.8, 4) is 0 Å². The Kier molecular flexibility index (Phi) is 3.84. The van der Waals surface area contributed by atoms with Gasteiger partial charge < -0.3 is 0 Å². The van der Waals surface area contributed by atoms with Crippen molar-refractivity contribution in [2.75, 3.05) is 0 Å². The van der Waals surface area contributed by atoms with Gasteiger partial charge in [-0.3, -0.25) is 10.8 Å². The fraction of sp³-hybridized carbons (Fsp3) is 0.0625. The van der Waals surface area contributed by atoms with E-state index < -0.39 is 0 Å². The number of nitrogens with zero attached hydrogens (tertiary/aromatic N) is 1. The van der Waals surface area contributed by atoms with Crippen LogP contribution >= 0.6 is 11.6 Å². The topological polar surface area (TPSA) is 50.9 Å². The van der Waals surface area contributed by atoms with E-state index in [1.54, 1.807) is 12.3 Å². The maximum atomic E-state index is 13.2. The number of hydrogen-bond donors (Lipinski definition) is 2. The van der Waals surface area contributed by atoms with Crippen LogP contribution in [0.25, 0.3) is 10.9 Å². The van der Waals surface area contributed by atoms with Gasteiger partial charge in [0.25, 0.3) is 0 Å². The molecule has 0 bridgehead atoms. The van der Waals surface area contributed by atoms with Crippen molar-refractivity contribution in [3.05, 3.63) is 76.7 Å². The first-order valence-electron chi connectivity index (χ1n) is 6.45. The molecular weight excluding hydrogens is 289 g/mol. The van der Waals surface area contributed by atoms with Crippen molar-refractivity contribution in [2.45, 2.75) is 6.04 Å². The van der Waals surface area contributed by atoms with Crippen LogP contribution in [-0.4, -0.2) is 4.98 Å². The van der Waals surface area contributed by atoms with Crippen LogP contribution in [0.15, 0.2) is 54.7 Å². The Morgan fingerprint density at radius 1 is 1.10 bits per heavy atom. The number of hydrogen-bond acceptors (Lipinski definition) is 3. The van der Waals surface area contributed by atoms with Crippen molar-refractivity contribution >= 4 is 22.5 Å². The lowest BCUT2D eigenvalue weighted by molar-refractivity contribution is 0.617. The summed E-state index contributed by atoms with van der Waals surface area (Å²) >= 11 is 6.15. The van der Waals surface area contributed by atoms with Gasteiger partial charge in [-0.05, 0) is 35.4 Å². The molecule has 1 unspecified atom stereocenters. The standard InChI is InChI=1S/C16H13ClFN3/c17-14-9-10(18)6-7-13(14)16(21-19)12-3-1-5-15-11(12)4-2-8-20-15/h1-9,16,21H,19H2. The van der Waals surface area contributed by atoms with Gasteiger partial charge in [0.2, 0.25) is 0 Å². The average Bonchev–Trinajstić information content (AvgIpc) is 2.50. The third kappa shape index (κ3) is 2.61. The summed E-state index contributed by atoms with van der Waals surface area (Å²) in [4.78, 5) is 4.33. The van der Waals surface area contributed by atoms with Crippen molar-refractivity contribution in [1.29, 1.82) is 0 Å². The molecule has 3 N–H and O–H groups in total. The van der Waals surface area contributed by atoms with E-state index in [1.165, 1.54) is 12.1 Å². The van der Waals surface area contributed by atoms with Gasteiger partial charge in [-0.1, -0.05) is 35.9 Å². The second-order valence-corrected chi connectivity index (χ2v) is 5.09. The molecule has 0 amide bonds. The Bertz CT molecular complexity index is 786. The Hall–Kier alpha value is -2.01. The number of halogens is 2. The number of fused-ring (bicyclic) bond motifs is 1. The molecule has 1 heterocycles. The highest BCUT2D eigenvalue weighted by Crippen LogP contribution is 2.31. The normalized spacial score (nSPS) is 12.5. The zero-order valence-electron chi connectivity index (χ0n) is 11.1. The van der Waals surface area contributed by atoms with Gasteiger partial charge in [0.1, 0.15) is 5.82 Å². The van der Waals surface area contributed by atoms with Gasteiger partial charge in [-0.15, -0.1) is 0 Å². The fourth-order valence-electron chi connectivity index (χ4n) is 2.46. The summed E-state index contributed by atoms with van der Waals surface area (Å²) in [7, 11) is 0. The van der Waals surface area contributed by atoms with Crippen LogP contribution in [0.3, 0.4) is 0 Å². The molecule has 3 rings (SSSR count). The molecule has 5 heteroatoms. The summed E-state index contributed by atoms with van der Waals surface area (Å²) < 4.78 is 13.2. The minimum absolute atomic E-state index is 0.332. The van der Waals surface area contributed by atoms with Gasteiger partial charge in [0.15, 0.2) is 0 Å². The Morgan fingerprint density at radius 3 is 2.71 bits per heavy atom. The first kappa shape index (κ1) is 13.9. The number of hydrazine groups is 1. The van der Waals surface area contributed by atoms with Crippen LogP contribution in [0.2, 0.25) is 5.02 Å². The summed E-state index contributed by atoms with van der Waals surface area (Å²) in [6, 6.07) is 13.6. The number of rotatable bonds is 3. The van der Waals surface area contributed by atoms with Crippen LogP contribution in [0.1, 0.15) is 17.2 Å². The molecule has 0 aliphatic rings. The molecular formula is C16H13ClFN3. The molecule has 1 atom stereocenters. The summed E-state index contributed by atoms with van der Waals surface area (Å²) in [6.45, 7) is 0. The number of nitrogens with two attached hydrogens (primary N) is 1. The van der Waals surface area contributed by atoms with Gasteiger partial charge in [0.05, 0.1) is 11.6 Å². The first-order chi connectivity index (χ1) is 10.2. The SMILES string of the molecule is NNC(c1ccc(F)cc1Cl)c1cccc2ncccc12. The highest BCUT2D eigenvalue weighted by atomic mass is 35.5. The Morgan fingerprint density at radius 2 is 1.95 bits per heavy atom. The summed E-state index contributed by atoms with van der Waals surface area (Å²) in [5.74, 6) is 5.34. The molecule has 0 spiro atoms. The minimum atomic E-state index is -0.376. The highest BCUT2D eigenvalue weighted by Gasteiger charge is 2.18. The van der Waals surface area contributed by atoms with E-state index in [2.05, 4.69) is 10.4 Å². The van der Waals surface area contributed by atoms with Crippen molar-refractivity contribution in [2.24, 2.45) is 5.84 Å². The minimum Gasteiger partial charge on any atom is -0.271 e. The molecule has 0 aliphatic carbocycles. The molecule has 0 aliphatic heterocycles. The molecule has 1 aromatic heterocycles. The molecule has 2 aromatic carbocycles. The van der Waals surface area contributed by atoms with Crippen LogP contribution in [0.4, 0.5) is 4.39 Å². The zero-order chi connectivity index (χ0) is 14.8. The molecule has 21 heavy (non-hydrogen) atoms. The van der Waals surface area contributed by atoms with Crippen molar-refractivity contribution < 1.29 is 4.39 Å². The average molecular weight is 302 g/mol. The summed E-state index contributed by atoms with van der Waals surface area (Å²) in [5, 5.41) is 1.31. The van der Waals surface area contributed by atoms with E-state index in [-0.39, 0.29) is 11.9 Å². The largest absolute Gasteiger partial charge is 0.271 e. The molecule has 0 saturated carbocycles. The quantitative estimate of drug-likeness (QED) is 0.574. The predicted octanol–water partition coefficient (Wildman–Crippen LogP) is 3.58. The maximum absolute atomic E-state index is 13.2. The maximum Gasteiger partial charge on any atom is 0.124 e. The van der Waals surface area contributed by atoms with Crippen LogP contribution in [-0.2, 0) is 0 Å². The van der Waals surface area contributed by atoms with Crippen molar-refractivity contribution in [3.63, 3.8) is 0 Å². The smallest absolute Gasteiger partial charge is 0.124 e. The monoisotopic (exact) mass is 301 g/mol. The number of pyridine rings is 1. The third-order valence-corrected chi connectivity index (χ3v) is 3.76. The van der Waals surface area contributed by atoms with E-state index in [1.807, 2.05) is 30.3 Å². The highest BCUT2D eigenvalue weighted by molar-refractivity contribution is 6.31. The molecule has 3 aromatic rings. The third-order valence-electron chi connectivity index (χ3n) is 3.43. The van der Waals surface area contributed by atoms with E-state index in [9.17, 15) is 4.39 Å². The lowest BCUT2D eigenvalue weighted by Crippen LogP contribution is -2.29. The van der Waals surface area contributed by atoms with E-state index in [0.717, 1.165) is 22.0 Å². The summed E-state index contributed by atoms with van der Waals surface area (Å²) in [5.41, 5.74) is 5.28. The van der Waals surface area contributed by atoms with Crippen LogP contribution in [0, 0.1) is 5.82 Å². The van der Waals surface area contributed by atoms with Crippen LogP contribution < -0.4 is 11.3 Å². The van der Waals surface area contributed by atoms with E-state index in [4.69, 9.17) is 17.4 Å². The number of benzene rings is 2. The van der Waals surface area contributed by atoms with Gasteiger partial charge in [-0.25, -0.2) is 9.82 Å². The fourth-order valence-corrected chi connectivity index (χ4v) is 2.74. The lowest BCUT2D eigenvalue weighted by Gasteiger charge is -2.20. The Balaban J connectivity index is 2.18. The number of nitrogens with one attached hydrogen (secondary N) is 1. The van der Waals surface area contributed by atoms with Crippen LogP contribution in [0.5, 0.6) is 0 Å². The van der Waals surface area contributed by atoms with Crippen molar-refractivity contribution in [1.82, 2.24) is 10.4 Å². The van der Waals surface area contributed by atoms with Gasteiger partial charge in [-0.2, -0.15) is 0 Å². The van der Waals surface area contributed by atoms with E-state index >= 15 is 0 Å². The molecule has 0 radical (unpaired) electrons.